The standard InChI is InChI=1S/C16H21NO2S/c1-11-2-6-15(7-3-11)20-10-16(19)17-12-4-5-13(17)9-14(18)8-12/h2-3,6-7,12-14,18H,4-5,8-10H2,1H3. The number of benzene rings is 1. The molecule has 1 amide bonds. The first-order valence-electron chi connectivity index (χ1n) is 7.32. The van der Waals surface area contributed by atoms with E-state index in [4.69, 9.17) is 0 Å². The first-order chi connectivity index (χ1) is 9.63. The molecule has 2 bridgehead atoms. The van der Waals surface area contributed by atoms with E-state index in [0.29, 0.717) is 5.75 Å². The third-order valence-electron chi connectivity index (χ3n) is 4.38. The van der Waals surface area contributed by atoms with Gasteiger partial charge in [-0.1, -0.05) is 17.7 Å². The topological polar surface area (TPSA) is 40.5 Å². The van der Waals surface area contributed by atoms with Gasteiger partial charge in [-0.2, -0.15) is 0 Å². The Balaban J connectivity index is 1.58. The zero-order chi connectivity index (χ0) is 14.1. The Morgan fingerprint density at radius 3 is 2.45 bits per heavy atom. The Morgan fingerprint density at radius 2 is 1.85 bits per heavy atom. The highest BCUT2D eigenvalue weighted by Gasteiger charge is 2.42. The third kappa shape index (κ3) is 2.86. The molecule has 1 aromatic rings. The van der Waals surface area contributed by atoms with Crippen LogP contribution in [0.4, 0.5) is 0 Å². The molecular formula is C16H21NO2S. The fraction of sp³-hybridized carbons (Fsp3) is 0.562. The van der Waals surface area contributed by atoms with Gasteiger partial charge in [0.05, 0.1) is 11.9 Å². The van der Waals surface area contributed by atoms with Crippen LogP contribution in [0.3, 0.4) is 0 Å². The molecule has 20 heavy (non-hydrogen) atoms. The highest BCUT2D eigenvalue weighted by atomic mass is 32.2. The Labute approximate surface area is 124 Å². The number of rotatable bonds is 3. The van der Waals surface area contributed by atoms with Crippen LogP contribution in [-0.2, 0) is 4.79 Å². The smallest absolute Gasteiger partial charge is 0.233 e. The molecule has 2 atom stereocenters. The number of aryl methyl sites for hydroxylation is 1. The minimum absolute atomic E-state index is 0.207. The summed E-state index contributed by atoms with van der Waals surface area (Å²) < 4.78 is 0. The van der Waals surface area contributed by atoms with Gasteiger partial charge < -0.3 is 10.0 Å². The third-order valence-corrected chi connectivity index (χ3v) is 5.38. The lowest BCUT2D eigenvalue weighted by Crippen LogP contribution is -2.48. The summed E-state index contributed by atoms with van der Waals surface area (Å²) in [6.45, 7) is 2.07. The largest absolute Gasteiger partial charge is 0.393 e. The van der Waals surface area contributed by atoms with Gasteiger partial charge in [-0.15, -0.1) is 11.8 Å². The zero-order valence-electron chi connectivity index (χ0n) is 11.8. The molecule has 2 fully saturated rings. The summed E-state index contributed by atoms with van der Waals surface area (Å²) in [5.41, 5.74) is 1.24. The van der Waals surface area contributed by atoms with E-state index in [1.54, 1.807) is 11.8 Å². The maximum absolute atomic E-state index is 12.4. The number of carbonyl (C=O) groups excluding carboxylic acids is 1. The van der Waals surface area contributed by atoms with E-state index in [1.807, 2.05) is 4.90 Å². The molecule has 0 spiro atoms. The fourth-order valence-corrected chi connectivity index (χ4v) is 4.18. The van der Waals surface area contributed by atoms with Gasteiger partial charge >= 0.3 is 0 Å². The van der Waals surface area contributed by atoms with Crippen LogP contribution in [0.5, 0.6) is 0 Å². The first-order valence-corrected chi connectivity index (χ1v) is 8.31. The summed E-state index contributed by atoms with van der Waals surface area (Å²) >= 11 is 1.61. The molecule has 2 heterocycles. The van der Waals surface area contributed by atoms with E-state index in [-0.39, 0.29) is 24.1 Å². The van der Waals surface area contributed by atoms with E-state index in [9.17, 15) is 9.90 Å². The van der Waals surface area contributed by atoms with Crippen LogP contribution in [-0.4, -0.2) is 39.9 Å². The van der Waals surface area contributed by atoms with Crippen molar-refractivity contribution < 1.29 is 9.90 Å². The van der Waals surface area contributed by atoms with Crippen LogP contribution >= 0.6 is 11.8 Å². The second-order valence-corrected chi connectivity index (χ2v) is 6.96. The molecule has 2 aliphatic rings. The minimum Gasteiger partial charge on any atom is -0.393 e. The average Bonchev–Trinajstić information content (AvgIpc) is 2.70. The summed E-state index contributed by atoms with van der Waals surface area (Å²) in [7, 11) is 0. The highest BCUT2D eigenvalue weighted by molar-refractivity contribution is 8.00. The summed E-state index contributed by atoms with van der Waals surface area (Å²) in [5, 5.41) is 9.78. The first kappa shape index (κ1) is 14.0. The van der Waals surface area contributed by atoms with Gasteiger partial charge in [0.25, 0.3) is 0 Å². The number of aliphatic hydroxyl groups is 1. The molecule has 0 saturated carbocycles. The Hall–Kier alpha value is -1.00. The summed E-state index contributed by atoms with van der Waals surface area (Å²) in [6.07, 6.45) is 3.43. The van der Waals surface area contributed by atoms with Crippen molar-refractivity contribution in [2.24, 2.45) is 0 Å². The molecule has 3 nitrogen and oxygen atoms in total. The lowest BCUT2D eigenvalue weighted by Gasteiger charge is -2.37. The number of fused-ring (bicyclic) bond motifs is 2. The van der Waals surface area contributed by atoms with Gasteiger partial charge in [0.1, 0.15) is 0 Å². The number of piperidine rings is 1. The van der Waals surface area contributed by atoms with Crippen molar-refractivity contribution in [1.82, 2.24) is 4.90 Å². The lowest BCUT2D eigenvalue weighted by atomic mass is 10.00. The fourth-order valence-electron chi connectivity index (χ4n) is 3.41. The average molecular weight is 291 g/mol. The monoisotopic (exact) mass is 291 g/mol. The Bertz CT molecular complexity index is 474. The van der Waals surface area contributed by atoms with Crippen molar-refractivity contribution in [3.8, 4) is 0 Å². The van der Waals surface area contributed by atoms with Gasteiger partial charge in [0.15, 0.2) is 0 Å². The van der Waals surface area contributed by atoms with Crippen molar-refractivity contribution in [2.45, 2.75) is 55.7 Å². The molecule has 2 saturated heterocycles. The predicted molar refractivity (Wildman–Crippen MR) is 80.8 cm³/mol. The van der Waals surface area contributed by atoms with Crippen LogP contribution in [0.25, 0.3) is 0 Å². The number of thioether (sulfide) groups is 1. The summed E-state index contributed by atoms with van der Waals surface area (Å²) in [5.74, 6) is 0.738. The number of aliphatic hydroxyl groups excluding tert-OH is 1. The Kier molecular flexibility index (Phi) is 4.03. The summed E-state index contributed by atoms with van der Waals surface area (Å²) in [4.78, 5) is 15.6. The van der Waals surface area contributed by atoms with E-state index in [2.05, 4.69) is 31.2 Å². The van der Waals surface area contributed by atoms with Gasteiger partial charge in [0, 0.05) is 17.0 Å². The molecule has 0 radical (unpaired) electrons. The molecule has 2 unspecified atom stereocenters. The molecule has 108 valence electrons. The molecule has 4 heteroatoms. The molecule has 0 aliphatic carbocycles. The van der Waals surface area contributed by atoms with Crippen molar-refractivity contribution in [2.75, 3.05) is 5.75 Å². The number of nitrogens with zero attached hydrogens (tertiary/aromatic N) is 1. The zero-order valence-corrected chi connectivity index (χ0v) is 12.6. The molecular weight excluding hydrogens is 270 g/mol. The summed E-state index contributed by atoms with van der Waals surface area (Å²) in [6, 6.07) is 8.84. The van der Waals surface area contributed by atoms with Gasteiger partial charge in [-0.3, -0.25) is 4.79 Å². The van der Waals surface area contributed by atoms with Crippen molar-refractivity contribution in [1.29, 1.82) is 0 Å². The van der Waals surface area contributed by atoms with Crippen LogP contribution < -0.4 is 0 Å². The number of carbonyl (C=O) groups is 1. The van der Waals surface area contributed by atoms with Gasteiger partial charge in [-0.25, -0.2) is 0 Å². The van der Waals surface area contributed by atoms with E-state index >= 15 is 0 Å². The number of hydrogen-bond donors (Lipinski definition) is 1. The van der Waals surface area contributed by atoms with Gasteiger partial charge in [0.2, 0.25) is 5.91 Å². The van der Waals surface area contributed by atoms with Crippen LogP contribution in [0.2, 0.25) is 0 Å². The lowest BCUT2D eigenvalue weighted by molar-refractivity contribution is -0.134. The molecule has 3 rings (SSSR count). The van der Waals surface area contributed by atoms with E-state index < -0.39 is 0 Å². The molecule has 2 aliphatic heterocycles. The number of hydrogen-bond acceptors (Lipinski definition) is 3. The quantitative estimate of drug-likeness (QED) is 0.870. The Morgan fingerprint density at radius 1 is 1.25 bits per heavy atom. The normalized spacial score (nSPS) is 28.7. The molecule has 0 aromatic heterocycles. The van der Waals surface area contributed by atoms with E-state index in [1.165, 1.54) is 5.56 Å². The van der Waals surface area contributed by atoms with Crippen LogP contribution in [0.15, 0.2) is 29.2 Å². The van der Waals surface area contributed by atoms with Crippen molar-refractivity contribution >= 4 is 17.7 Å². The SMILES string of the molecule is Cc1ccc(SCC(=O)N2C3CCC2CC(O)C3)cc1. The molecule has 1 N–H and O–H groups in total. The van der Waals surface area contributed by atoms with Crippen molar-refractivity contribution in [3.63, 3.8) is 0 Å². The van der Waals surface area contributed by atoms with Crippen molar-refractivity contribution in [3.05, 3.63) is 29.8 Å². The predicted octanol–water partition coefficient (Wildman–Crippen LogP) is 2.60. The second kappa shape index (κ2) is 5.78. The minimum atomic E-state index is -0.207. The maximum atomic E-state index is 12.4. The van der Waals surface area contributed by atoms with E-state index in [0.717, 1.165) is 30.6 Å². The number of amides is 1. The highest BCUT2D eigenvalue weighted by Crippen LogP contribution is 2.36. The molecule has 1 aromatic carbocycles. The maximum Gasteiger partial charge on any atom is 0.233 e. The van der Waals surface area contributed by atoms with Gasteiger partial charge in [-0.05, 0) is 44.7 Å². The second-order valence-electron chi connectivity index (χ2n) is 5.91. The van der Waals surface area contributed by atoms with Crippen LogP contribution in [0.1, 0.15) is 31.2 Å². The van der Waals surface area contributed by atoms with Crippen LogP contribution in [0, 0.1) is 6.92 Å².